The SMILES string of the molecule is O=C(CNc1ccc2c(c1)nc(NC(=O)c1ccnc(-c3ccncc3)c1)n2CCc1cccnc1)c1ccccc1. The van der Waals surface area contributed by atoms with E-state index in [9.17, 15) is 9.59 Å². The van der Waals surface area contributed by atoms with Crippen LogP contribution in [-0.4, -0.2) is 42.7 Å². The minimum Gasteiger partial charge on any atom is -0.378 e. The van der Waals surface area contributed by atoms with E-state index in [4.69, 9.17) is 4.98 Å². The van der Waals surface area contributed by atoms with Gasteiger partial charge in [-0.25, -0.2) is 4.98 Å². The number of hydrogen-bond donors (Lipinski definition) is 2. The molecule has 6 rings (SSSR count). The Morgan fingerprint density at radius 2 is 1.64 bits per heavy atom. The number of Topliss-reactive ketones (excluding diaryl/α,β-unsaturated/α-hetero) is 1. The van der Waals surface area contributed by atoms with Crippen LogP contribution in [0.5, 0.6) is 0 Å². The normalized spacial score (nSPS) is 10.9. The highest BCUT2D eigenvalue weighted by atomic mass is 16.2. The number of aromatic nitrogens is 5. The molecule has 6 aromatic rings. The van der Waals surface area contributed by atoms with E-state index in [1.165, 1.54) is 0 Å². The molecule has 4 heterocycles. The van der Waals surface area contributed by atoms with E-state index in [0.29, 0.717) is 41.3 Å². The second kappa shape index (κ2) is 12.2. The molecule has 0 fully saturated rings. The topological polar surface area (TPSA) is 115 Å². The van der Waals surface area contributed by atoms with Gasteiger partial charge in [-0.05, 0) is 60.5 Å². The molecule has 0 unspecified atom stereocenters. The molecule has 2 N–H and O–H groups in total. The molecule has 0 aliphatic carbocycles. The van der Waals surface area contributed by atoms with Crippen LogP contribution in [0.3, 0.4) is 0 Å². The molecule has 0 atom stereocenters. The fourth-order valence-corrected chi connectivity index (χ4v) is 4.68. The molecule has 1 amide bonds. The first-order chi connectivity index (χ1) is 20.6. The Balaban J connectivity index is 1.26. The lowest BCUT2D eigenvalue weighted by atomic mass is 10.1. The highest BCUT2D eigenvalue weighted by Gasteiger charge is 2.16. The second-order valence-electron chi connectivity index (χ2n) is 9.66. The Morgan fingerprint density at radius 1 is 0.786 bits per heavy atom. The summed E-state index contributed by atoms with van der Waals surface area (Å²) < 4.78 is 1.99. The van der Waals surface area contributed by atoms with Gasteiger partial charge in [0.05, 0.1) is 23.3 Å². The molecule has 0 aliphatic heterocycles. The third-order valence-corrected chi connectivity index (χ3v) is 6.87. The lowest BCUT2D eigenvalue weighted by Gasteiger charge is -2.11. The van der Waals surface area contributed by atoms with Crippen molar-refractivity contribution in [2.75, 3.05) is 17.2 Å². The van der Waals surface area contributed by atoms with Crippen LogP contribution < -0.4 is 10.6 Å². The summed E-state index contributed by atoms with van der Waals surface area (Å²) in [5, 5.41) is 6.21. The number of benzene rings is 2. The number of rotatable bonds is 10. The Hall–Kier alpha value is -5.70. The quantitative estimate of drug-likeness (QED) is 0.210. The van der Waals surface area contributed by atoms with Gasteiger partial charge in [-0.3, -0.25) is 29.9 Å². The Labute approximate surface area is 242 Å². The predicted octanol–water partition coefficient (Wildman–Crippen LogP) is 5.68. The van der Waals surface area contributed by atoms with E-state index >= 15 is 0 Å². The standard InChI is InChI=1S/C33H27N7O2/c41-31(25-6-2-1-3-7-25)22-37-27-8-9-30-29(20-27)38-33(40(30)18-13-23-5-4-14-35-21-23)39-32(42)26-12-17-36-28(19-26)24-10-15-34-16-11-24/h1-12,14-17,19-21,37H,13,18,22H2,(H,38,39,42). The van der Waals surface area contributed by atoms with Crippen molar-refractivity contribution in [1.82, 2.24) is 24.5 Å². The molecule has 42 heavy (non-hydrogen) atoms. The third kappa shape index (κ3) is 6.05. The van der Waals surface area contributed by atoms with E-state index in [1.54, 1.807) is 49.1 Å². The maximum absolute atomic E-state index is 13.4. The number of nitrogens with one attached hydrogen (secondary N) is 2. The number of hydrogen-bond acceptors (Lipinski definition) is 7. The van der Waals surface area contributed by atoms with Crippen LogP contribution in [-0.2, 0) is 13.0 Å². The highest BCUT2D eigenvalue weighted by Crippen LogP contribution is 2.25. The van der Waals surface area contributed by atoms with Crippen molar-refractivity contribution in [2.24, 2.45) is 0 Å². The second-order valence-corrected chi connectivity index (χ2v) is 9.66. The summed E-state index contributed by atoms with van der Waals surface area (Å²) >= 11 is 0. The molecule has 9 nitrogen and oxygen atoms in total. The van der Waals surface area contributed by atoms with Gasteiger partial charge in [0, 0.05) is 59.9 Å². The highest BCUT2D eigenvalue weighted by molar-refractivity contribution is 6.04. The van der Waals surface area contributed by atoms with Crippen molar-refractivity contribution >= 4 is 34.4 Å². The first-order valence-electron chi connectivity index (χ1n) is 13.5. The Morgan fingerprint density at radius 3 is 2.45 bits per heavy atom. The van der Waals surface area contributed by atoms with Gasteiger partial charge in [-0.1, -0.05) is 36.4 Å². The van der Waals surface area contributed by atoms with Crippen LogP contribution >= 0.6 is 0 Å². The number of carbonyl (C=O) groups is 2. The molecule has 0 spiro atoms. The van der Waals surface area contributed by atoms with Gasteiger partial charge in [0.2, 0.25) is 5.95 Å². The molecule has 206 valence electrons. The Bertz CT molecular complexity index is 1840. The first-order valence-corrected chi connectivity index (χ1v) is 13.5. The number of carbonyl (C=O) groups excluding carboxylic acids is 2. The van der Waals surface area contributed by atoms with E-state index in [1.807, 2.05) is 71.4 Å². The lowest BCUT2D eigenvalue weighted by molar-refractivity contribution is 0.100. The van der Waals surface area contributed by atoms with E-state index in [-0.39, 0.29) is 18.2 Å². The summed E-state index contributed by atoms with van der Waals surface area (Å²) in [6.45, 7) is 0.734. The fourth-order valence-electron chi connectivity index (χ4n) is 4.68. The monoisotopic (exact) mass is 553 g/mol. The van der Waals surface area contributed by atoms with E-state index < -0.39 is 0 Å². The van der Waals surface area contributed by atoms with Crippen molar-refractivity contribution in [3.63, 3.8) is 0 Å². The number of pyridine rings is 3. The summed E-state index contributed by atoms with van der Waals surface area (Å²) in [4.78, 5) is 43.5. The van der Waals surface area contributed by atoms with Gasteiger partial charge in [-0.15, -0.1) is 0 Å². The molecular weight excluding hydrogens is 526 g/mol. The number of ketones is 1. The van der Waals surface area contributed by atoms with Crippen molar-refractivity contribution in [2.45, 2.75) is 13.0 Å². The van der Waals surface area contributed by atoms with E-state index in [2.05, 4.69) is 25.6 Å². The zero-order chi connectivity index (χ0) is 28.7. The number of anilines is 2. The molecule has 2 aromatic carbocycles. The summed E-state index contributed by atoms with van der Waals surface area (Å²) in [7, 11) is 0. The van der Waals surface area contributed by atoms with Crippen molar-refractivity contribution in [3.8, 4) is 11.3 Å². The zero-order valence-corrected chi connectivity index (χ0v) is 22.6. The predicted molar refractivity (Wildman–Crippen MR) is 162 cm³/mol. The molecule has 0 aliphatic rings. The summed E-state index contributed by atoms with van der Waals surface area (Å²) in [6.07, 6.45) is 9.28. The largest absolute Gasteiger partial charge is 0.378 e. The van der Waals surface area contributed by atoms with Crippen LogP contribution in [0.2, 0.25) is 0 Å². The first kappa shape index (κ1) is 26.5. The smallest absolute Gasteiger partial charge is 0.258 e. The van der Waals surface area contributed by atoms with Gasteiger partial charge < -0.3 is 9.88 Å². The maximum atomic E-state index is 13.4. The summed E-state index contributed by atoms with van der Waals surface area (Å²) in [5.74, 6) is 0.130. The molecule has 9 heteroatoms. The van der Waals surface area contributed by atoms with Crippen molar-refractivity contribution in [1.29, 1.82) is 0 Å². The summed E-state index contributed by atoms with van der Waals surface area (Å²) in [6, 6.07) is 26.0. The average Bonchev–Trinajstić information content (AvgIpc) is 3.39. The molecule has 0 radical (unpaired) electrons. The molecule has 0 bridgehead atoms. The maximum Gasteiger partial charge on any atom is 0.258 e. The van der Waals surface area contributed by atoms with Crippen LogP contribution in [0.4, 0.5) is 11.6 Å². The average molecular weight is 554 g/mol. The van der Waals surface area contributed by atoms with Crippen LogP contribution in [0.25, 0.3) is 22.3 Å². The number of amides is 1. The van der Waals surface area contributed by atoms with Gasteiger partial charge in [0.1, 0.15) is 0 Å². The number of nitrogens with zero attached hydrogens (tertiary/aromatic N) is 5. The fraction of sp³-hybridized carbons (Fsp3) is 0.0909. The van der Waals surface area contributed by atoms with Crippen molar-refractivity contribution < 1.29 is 9.59 Å². The zero-order valence-electron chi connectivity index (χ0n) is 22.6. The molecule has 0 saturated carbocycles. The minimum absolute atomic E-state index is 0.00543. The van der Waals surface area contributed by atoms with Crippen LogP contribution in [0.1, 0.15) is 26.3 Å². The number of fused-ring (bicyclic) bond motifs is 1. The third-order valence-electron chi connectivity index (χ3n) is 6.87. The van der Waals surface area contributed by atoms with Crippen LogP contribution in [0, 0.1) is 0 Å². The molecule has 0 saturated heterocycles. The van der Waals surface area contributed by atoms with Crippen LogP contribution in [0.15, 0.2) is 116 Å². The van der Waals surface area contributed by atoms with Gasteiger partial charge in [0.15, 0.2) is 5.78 Å². The lowest BCUT2D eigenvalue weighted by Crippen LogP contribution is -2.17. The molecule has 4 aromatic heterocycles. The van der Waals surface area contributed by atoms with Crippen molar-refractivity contribution in [3.05, 3.63) is 133 Å². The minimum atomic E-state index is -0.294. The van der Waals surface area contributed by atoms with E-state index in [0.717, 1.165) is 22.3 Å². The van der Waals surface area contributed by atoms with Gasteiger partial charge >= 0.3 is 0 Å². The number of imidazole rings is 1. The molecular formula is C33H27N7O2. The number of aryl methyl sites for hydroxylation is 2. The summed E-state index contributed by atoms with van der Waals surface area (Å²) in [5.41, 5.74) is 6.05. The Kier molecular flexibility index (Phi) is 7.71. The van der Waals surface area contributed by atoms with Gasteiger partial charge in [-0.2, -0.15) is 0 Å². The van der Waals surface area contributed by atoms with Gasteiger partial charge in [0.25, 0.3) is 5.91 Å².